The molecular weight excluding hydrogens is 234 g/mol. The minimum Gasteiger partial charge on any atom is -0.464 e. The second-order valence-corrected chi connectivity index (χ2v) is 3.42. The number of nitrogen functional groups attached to an aromatic ring is 1. The molecule has 0 aliphatic heterocycles. The number of nitrogens with zero attached hydrogens (tertiary/aromatic N) is 2. The molecule has 0 fully saturated rings. The molecule has 92 valence electrons. The van der Waals surface area contributed by atoms with E-state index in [0.717, 1.165) is 0 Å². The molecule has 6 heteroatoms. The zero-order chi connectivity index (χ0) is 13.0. The Kier molecular flexibility index (Phi) is 3.38. The molecule has 6 nitrogen and oxygen atoms in total. The van der Waals surface area contributed by atoms with Crippen molar-refractivity contribution in [1.29, 1.82) is 0 Å². The zero-order valence-corrected chi connectivity index (χ0v) is 9.66. The molecule has 0 aliphatic rings. The number of carbonyl (C=O) groups excluding carboxylic acids is 1. The van der Waals surface area contributed by atoms with Gasteiger partial charge in [-0.25, -0.2) is 4.79 Å². The first-order valence-corrected chi connectivity index (χ1v) is 5.14. The van der Waals surface area contributed by atoms with E-state index in [0.29, 0.717) is 11.4 Å². The van der Waals surface area contributed by atoms with Crippen molar-refractivity contribution < 1.29 is 14.3 Å². The number of ether oxygens (including phenoxy) is 2. The van der Waals surface area contributed by atoms with Crippen molar-refractivity contribution in [3.8, 4) is 11.6 Å². The van der Waals surface area contributed by atoms with E-state index in [9.17, 15) is 4.79 Å². The molecule has 0 atom stereocenters. The van der Waals surface area contributed by atoms with Gasteiger partial charge in [0.25, 0.3) is 0 Å². The van der Waals surface area contributed by atoms with Crippen LogP contribution in [0, 0.1) is 0 Å². The number of hydrogen-bond acceptors (Lipinski definition) is 6. The van der Waals surface area contributed by atoms with E-state index in [1.54, 1.807) is 24.3 Å². The number of hydrogen-bond donors (Lipinski definition) is 1. The van der Waals surface area contributed by atoms with Crippen LogP contribution in [0.5, 0.6) is 11.6 Å². The van der Waals surface area contributed by atoms with Gasteiger partial charge in [0.05, 0.1) is 7.11 Å². The van der Waals surface area contributed by atoms with E-state index in [1.165, 1.54) is 19.2 Å². The molecule has 2 N–H and O–H groups in total. The highest BCUT2D eigenvalue weighted by molar-refractivity contribution is 5.86. The highest BCUT2D eigenvalue weighted by atomic mass is 16.5. The average molecular weight is 245 g/mol. The van der Waals surface area contributed by atoms with E-state index in [4.69, 9.17) is 10.5 Å². The lowest BCUT2D eigenvalue weighted by atomic mass is 10.3. The second-order valence-electron chi connectivity index (χ2n) is 3.42. The summed E-state index contributed by atoms with van der Waals surface area (Å²) < 4.78 is 9.93. The summed E-state index contributed by atoms with van der Waals surface area (Å²) in [6.45, 7) is 0. The number of rotatable bonds is 3. The number of aromatic nitrogens is 2. The average Bonchev–Trinajstić information content (AvgIpc) is 2.39. The van der Waals surface area contributed by atoms with Crippen LogP contribution in [-0.2, 0) is 4.74 Å². The Morgan fingerprint density at radius 2 is 2.06 bits per heavy atom. The first-order valence-electron chi connectivity index (χ1n) is 5.14. The Morgan fingerprint density at radius 1 is 1.22 bits per heavy atom. The monoisotopic (exact) mass is 245 g/mol. The molecule has 0 unspecified atom stereocenters. The van der Waals surface area contributed by atoms with Crippen molar-refractivity contribution in [2.24, 2.45) is 0 Å². The SMILES string of the molecule is COC(=O)c1ccc(Oc2cccc(N)c2)nn1. The third-order valence-corrected chi connectivity index (χ3v) is 2.12. The van der Waals surface area contributed by atoms with Crippen LogP contribution in [-0.4, -0.2) is 23.3 Å². The van der Waals surface area contributed by atoms with Gasteiger partial charge >= 0.3 is 5.97 Å². The van der Waals surface area contributed by atoms with Crippen LogP contribution in [0.2, 0.25) is 0 Å². The summed E-state index contributed by atoms with van der Waals surface area (Å²) in [6.07, 6.45) is 0. The topological polar surface area (TPSA) is 87.3 Å². The summed E-state index contributed by atoms with van der Waals surface area (Å²) >= 11 is 0. The Morgan fingerprint density at radius 3 is 2.67 bits per heavy atom. The Balaban J connectivity index is 2.13. The van der Waals surface area contributed by atoms with Gasteiger partial charge in [-0.3, -0.25) is 0 Å². The number of methoxy groups -OCH3 is 1. The van der Waals surface area contributed by atoms with E-state index in [1.807, 2.05) is 0 Å². The quantitative estimate of drug-likeness (QED) is 0.653. The minimum atomic E-state index is -0.544. The molecule has 18 heavy (non-hydrogen) atoms. The third kappa shape index (κ3) is 2.73. The molecule has 0 saturated heterocycles. The Hall–Kier alpha value is -2.63. The number of benzene rings is 1. The lowest BCUT2D eigenvalue weighted by Gasteiger charge is -2.04. The summed E-state index contributed by atoms with van der Waals surface area (Å²) in [6, 6.07) is 9.92. The van der Waals surface area contributed by atoms with Crippen LogP contribution in [0.25, 0.3) is 0 Å². The van der Waals surface area contributed by atoms with Gasteiger partial charge in [0.15, 0.2) is 5.69 Å². The smallest absolute Gasteiger partial charge is 0.358 e. The minimum absolute atomic E-state index is 0.123. The maximum absolute atomic E-state index is 11.1. The van der Waals surface area contributed by atoms with E-state index in [-0.39, 0.29) is 11.6 Å². The molecule has 0 radical (unpaired) electrons. The van der Waals surface area contributed by atoms with Gasteiger partial charge < -0.3 is 15.2 Å². The van der Waals surface area contributed by atoms with Crippen molar-refractivity contribution in [3.05, 3.63) is 42.1 Å². The van der Waals surface area contributed by atoms with Gasteiger partial charge in [-0.15, -0.1) is 10.2 Å². The molecule has 0 bridgehead atoms. The Labute approximate surface area is 103 Å². The summed E-state index contributed by atoms with van der Waals surface area (Å²) in [5, 5.41) is 7.45. The van der Waals surface area contributed by atoms with Gasteiger partial charge in [0.2, 0.25) is 5.88 Å². The van der Waals surface area contributed by atoms with Crippen LogP contribution in [0.1, 0.15) is 10.5 Å². The van der Waals surface area contributed by atoms with Crippen LogP contribution in [0.15, 0.2) is 36.4 Å². The Bertz CT molecular complexity index is 555. The molecule has 1 aromatic carbocycles. The van der Waals surface area contributed by atoms with Gasteiger partial charge in [-0.2, -0.15) is 0 Å². The summed E-state index contributed by atoms with van der Waals surface area (Å²) in [7, 11) is 1.28. The normalized spacial score (nSPS) is 9.83. The predicted molar refractivity (Wildman–Crippen MR) is 64.3 cm³/mol. The summed E-state index contributed by atoms with van der Waals surface area (Å²) in [5.74, 6) is 0.279. The van der Waals surface area contributed by atoms with Crippen LogP contribution < -0.4 is 10.5 Å². The van der Waals surface area contributed by atoms with Crippen molar-refractivity contribution in [2.75, 3.05) is 12.8 Å². The zero-order valence-electron chi connectivity index (χ0n) is 9.66. The molecule has 1 aromatic heterocycles. The fourth-order valence-electron chi connectivity index (χ4n) is 1.29. The molecule has 0 amide bonds. The molecule has 2 rings (SSSR count). The first-order chi connectivity index (χ1) is 8.69. The lowest BCUT2D eigenvalue weighted by molar-refractivity contribution is 0.0592. The highest BCUT2D eigenvalue weighted by Crippen LogP contribution is 2.20. The molecular formula is C12H11N3O3. The van der Waals surface area contributed by atoms with Crippen molar-refractivity contribution >= 4 is 11.7 Å². The van der Waals surface area contributed by atoms with Crippen molar-refractivity contribution in [1.82, 2.24) is 10.2 Å². The van der Waals surface area contributed by atoms with Crippen molar-refractivity contribution in [3.63, 3.8) is 0 Å². The maximum atomic E-state index is 11.1. The molecule has 0 aliphatic carbocycles. The highest BCUT2D eigenvalue weighted by Gasteiger charge is 2.08. The molecule has 0 spiro atoms. The van der Waals surface area contributed by atoms with Gasteiger partial charge in [0, 0.05) is 17.8 Å². The summed E-state index contributed by atoms with van der Waals surface area (Å²) in [4.78, 5) is 11.1. The van der Waals surface area contributed by atoms with E-state index in [2.05, 4.69) is 14.9 Å². The van der Waals surface area contributed by atoms with Crippen LogP contribution in [0.4, 0.5) is 5.69 Å². The van der Waals surface area contributed by atoms with Crippen LogP contribution >= 0.6 is 0 Å². The van der Waals surface area contributed by atoms with Crippen LogP contribution in [0.3, 0.4) is 0 Å². The third-order valence-electron chi connectivity index (χ3n) is 2.12. The first kappa shape index (κ1) is 11.8. The fraction of sp³-hybridized carbons (Fsp3) is 0.0833. The molecule has 1 heterocycles. The van der Waals surface area contributed by atoms with E-state index >= 15 is 0 Å². The standard InChI is InChI=1S/C12H11N3O3/c1-17-12(16)10-5-6-11(15-14-10)18-9-4-2-3-8(13)7-9/h2-7H,13H2,1H3. The lowest BCUT2D eigenvalue weighted by Crippen LogP contribution is -2.05. The number of carbonyl (C=O) groups is 1. The fourth-order valence-corrected chi connectivity index (χ4v) is 1.29. The largest absolute Gasteiger partial charge is 0.464 e. The van der Waals surface area contributed by atoms with E-state index < -0.39 is 5.97 Å². The van der Waals surface area contributed by atoms with Gasteiger partial charge in [-0.1, -0.05) is 6.07 Å². The predicted octanol–water partition coefficient (Wildman–Crippen LogP) is 1.64. The second kappa shape index (κ2) is 5.13. The van der Waals surface area contributed by atoms with Gasteiger partial charge in [-0.05, 0) is 18.2 Å². The maximum Gasteiger partial charge on any atom is 0.358 e. The van der Waals surface area contributed by atoms with Crippen molar-refractivity contribution in [2.45, 2.75) is 0 Å². The molecule has 2 aromatic rings. The summed E-state index contributed by atoms with van der Waals surface area (Å²) in [5.41, 5.74) is 6.33. The van der Waals surface area contributed by atoms with Gasteiger partial charge in [0.1, 0.15) is 5.75 Å². The molecule has 0 saturated carbocycles. The number of nitrogens with two attached hydrogens (primary N) is 1. The number of esters is 1. The number of anilines is 1.